The minimum absolute atomic E-state index is 0.176. The van der Waals surface area contributed by atoms with Crippen molar-refractivity contribution in [2.75, 3.05) is 4.90 Å². The predicted octanol–water partition coefficient (Wildman–Crippen LogP) is 4.54. The maximum Gasteiger partial charge on any atom is 0.234 e. The van der Waals surface area contributed by atoms with Crippen LogP contribution in [0.1, 0.15) is 25.7 Å². The molecule has 0 saturated heterocycles. The highest BCUT2D eigenvalue weighted by atomic mass is 16.2. The van der Waals surface area contributed by atoms with Gasteiger partial charge in [-0.2, -0.15) is 0 Å². The number of anilines is 2. The second kappa shape index (κ2) is 5.91. The molecule has 20 heavy (non-hydrogen) atoms. The summed E-state index contributed by atoms with van der Waals surface area (Å²) >= 11 is 0. The van der Waals surface area contributed by atoms with Gasteiger partial charge in [0.1, 0.15) is 0 Å². The van der Waals surface area contributed by atoms with Crippen molar-refractivity contribution in [3.63, 3.8) is 0 Å². The van der Waals surface area contributed by atoms with Crippen LogP contribution in [0, 0.1) is 5.92 Å². The zero-order valence-electron chi connectivity index (χ0n) is 11.5. The van der Waals surface area contributed by atoms with Gasteiger partial charge in [-0.25, -0.2) is 0 Å². The van der Waals surface area contributed by atoms with Crippen molar-refractivity contribution in [2.45, 2.75) is 25.7 Å². The van der Waals surface area contributed by atoms with Gasteiger partial charge in [-0.3, -0.25) is 9.69 Å². The highest BCUT2D eigenvalue weighted by molar-refractivity contribution is 6.01. The Bertz CT molecular complexity index is 519. The van der Waals surface area contributed by atoms with Crippen LogP contribution >= 0.6 is 0 Å². The van der Waals surface area contributed by atoms with Gasteiger partial charge in [0, 0.05) is 17.3 Å². The van der Waals surface area contributed by atoms with E-state index < -0.39 is 0 Å². The first-order valence-corrected chi connectivity index (χ1v) is 7.30. The summed E-state index contributed by atoms with van der Waals surface area (Å²) in [4.78, 5) is 14.7. The minimum atomic E-state index is 0.176. The van der Waals surface area contributed by atoms with Crippen LogP contribution in [0.4, 0.5) is 11.4 Å². The van der Waals surface area contributed by atoms with Gasteiger partial charge in [0.25, 0.3) is 0 Å². The number of benzene rings is 2. The van der Waals surface area contributed by atoms with E-state index in [2.05, 4.69) is 0 Å². The van der Waals surface area contributed by atoms with Crippen molar-refractivity contribution < 1.29 is 4.79 Å². The van der Waals surface area contributed by atoms with Crippen molar-refractivity contribution in [3.05, 3.63) is 60.7 Å². The zero-order valence-corrected chi connectivity index (χ0v) is 11.5. The Labute approximate surface area is 120 Å². The van der Waals surface area contributed by atoms with Gasteiger partial charge in [0.05, 0.1) is 0 Å². The van der Waals surface area contributed by atoms with Gasteiger partial charge >= 0.3 is 0 Å². The van der Waals surface area contributed by atoms with E-state index in [0.29, 0.717) is 0 Å². The number of hydrogen-bond acceptors (Lipinski definition) is 1. The van der Waals surface area contributed by atoms with Crippen LogP contribution in [0.3, 0.4) is 0 Å². The Hall–Kier alpha value is -2.09. The molecule has 0 atom stereocenters. The van der Waals surface area contributed by atoms with Crippen LogP contribution < -0.4 is 4.90 Å². The number of hydrogen-bond donors (Lipinski definition) is 0. The van der Waals surface area contributed by atoms with Crippen LogP contribution in [-0.4, -0.2) is 5.91 Å². The Morgan fingerprint density at radius 3 is 1.70 bits per heavy atom. The lowest BCUT2D eigenvalue weighted by Gasteiger charge is -2.26. The molecule has 0 unspecified atom stereocenters. The molecule has 0 N–H and O–H groups in total. The largest absolute Gasteiger partial charge is 0.281 e. The van der Waals surface area contributed by atoms with Gasteiger partial charge in [-0.15, -0.1) is 0 Å². The summed E-state index contributed by atoms with van der Waals surface area (Å²) in [5.41, 5.74) is 1.91. The Balaban J connectivity index is 1.97. The molecule has 3 rings (SSSR count). The molecular weight excluding hydrogens is 246 g/mol. The first-order chi connectivity index (χ1) is 9.86. The predicted molar refractivity (Wildman–Crippen MR) is 82.0 cm³/mol. The van der Waals surface area contributed by atoms with Crippen molar-refractivity contribution in [2.24, 2.45) is 5.92 Å². The normalized spacial score (nSPS) is 15.2. The van der Waals surface area contributed by atoms with Crippen molar-refractivity contribution >= 4 is 17.3 Å². The van der Waals surface area contributed by atoms with Crippen LogP contribution in [0.5, 0.6) is 0 Å². The first-order valence-electron chi connectivity index (χ1n) is 7.30. The molecule has 2 nitrogen and oxygen atoms in total. The average molecular weight is 265 g/mol. The second-order valence-corrected chi connectivity index (χ2v) is 5.33. The summed E-state index contributed by atoms with van der Waals surface area (Å²) < 4.78 is 0. The van der Waals surface area contributed by atoms with E-state index in [4.69, 9.17) is 0 Å². The molecule has 1 aliphatic carbocycles. The van der Waals surface area contributed by atoms with Crippen LogP contribution in [0.15, 0.2) is 60.7 Å². The van der Waals surface area contributed by atoms with Crippen molar-refractivity contribution in [3.8, 4) is 0 Å². The van der Waals surface area contributed by atoms with Crippen LogP contribution in [0.2, 0.25) is 0 Å². The Morgan fingerprint density at radius 2 is 1.25 bits per heavy atom. The summed E-state index contributed by atoms with van der Waals surface area (Å²) in [6.45, 7) is 0. The van der Waals surface area contributed by atoms with Crippen molar-refractivity contribution in [1.29, 1.82) is 0 Å². The van der Waals surface area contributed by atoms with Crippen LogP contribution in [-0.2, 0) is 4.79 Å². The Morgan fingerprint density at radius 1 is 0.800 bits per heavy atom. The quantitative estimate of drug-likeness (QED) is 0.797. The third-order valence-electron chi connectivity index (χ3n) is 3.95. The van der Waals surface area contributed by atoms with Gasteiger partial charge < -0.3 is 0 Å². The molecule has 0 radical (unpaired) electrons. The fraction of sp³-hybridized carbons (Fsp3) is 0.278. The number of carbonyl (C=O) groups is 1. The minimum Gasteiger partial charge on any atom is -0.281 e. The summed E-state index contributed by atoms with van der Waals surface area (Å²) in [5.74, 6) is 0.412. The molecule has 102 valence electrons. The van der Waals surface area contributed by atoms with E-state index >= 15 is 0 Å². The molecule has 2 aromatic rings. The molecule has 1 saturated carbocycles. The molecule has 0 bridgehead atoms. The molecular formula is C18H19NO. The van der Waals surface area contributed by atoms with E-state index in [0.717, 1.165) is 24.2 Å². The molecule has 0 aromatic heterocycles. The number of amides is 1. The molecule has 1 amide bonds. The third-order valence-corrected chi connectivity index (χ3v) is 3.95. The van der Waals surface area contributed by atoms with Crippen LogP contribution in [0.25, 0.3) is 0 Å². The van der Waals surface area contributed by atoms with E-state index in [1.54, 1.807) is 0 Å². The van der Waals surface area contributed by atoms with Gasteiger partial charge in [0.2, 0.25) is 5.91 Å². The van der Waals surface area contributed by atoms with E-state index in [-0.39, 0.29) is 11.8 Å². The van der Waals surface area contributed by atoms with Gasteiger partial charge in [-0.1, -0.05) is 49.2 Å². The highest BCUT2D eigenvalue weighted by Gasteiger charge is 2.28. The second-order valence-electron chi connectivity index (χ2n) is 5.33. The molecule has 0 heterocycles. The average Bonchev–Trinajstić information content (AvgIpc) is 3.04. The lowest BCUT2D eigenvalue weighted by Crippen LogP contribution is -2.31. The Kier molecular flexibility index (Phi) is 3.82. The van der Waals surface area contributed by atoms with Crippen molar-refractivity contribution in [1.82, 2.24) is 0 Å². The maximum absolute atomic E-state index is 12.9. The topological polar surface area (TPSA) is 20.3 Å². The lowest BCUT2D eigenvalue weighted by molar-refractivity contribution is -0.121. The molecule has 1 fully saturated rings. The van der Waals surface area contributed by atoms with Gasteiger partial charge in [0.15, 0.2) is 0 Å². The lowest BCUT2D eigenvalue weighted by atomic mass is 10.1. The molecule has 1 aliphatic rings. The molecule has 2 aromatic carbocycles. The number of carbonyl (C=O) groups excluding carboxylic acids is 1. The highest BCUT2D eigenvalue weighted by Crippen LogP contribution is 2.32. The van der Waals surface area contributed by atoms with Gasteiger partial charge in [-0.05, 0) is 37.1 Å². The fourth-order valence-electron chi connectivity index (χ4n) is 2.91. The number of rotatable bonds is 3. The molecule has 2 heteroatoms. The summed E-state index contributed by atoms with van der Waals surface area (Å²) in [6.07, 6.45) is 4.39. The van der Waals surface area contributed by atoms with E-state index in [1.165, 1.54) is 12.8 Å². The monoisotopic (exact) mass is 265 g/mol. The number of nitrogens with zero attached hydrogens (tertiary/aromatic N) is 1. The fourth-order valence-corrected chi connectivity index (χ4v) is 2.91. The molecule has 0 spiro atoms. The summed E-state index contributed by atoms with van der Waals surface area (Å²) in [5, 5.41) is 0. The summed E-state index contributed by atoms with van der Waals surface area (Å²) in [7, 11) is 0. The summed E-state index contributed by atoms with van der Waals surface area (Å²) in [6, 6.07) is 19.9. The molecule has 0 aliphatic heterocycles. The van der Waals surface area contributed by atoms with E-state index in [9.17, 15) is 4.79 Å². The standard InChI is InChI=1S/C18H19NO/c20-18(15-9-7-8-10-15)19(16-11-3-1-4-12-16)17-13-5-2-6-14-17/h1-6,11-15H,7-10H2. The number of para-hydroxylation sites is 2. The smallest absolute Gasteiger partial charge is 0.234 e. The third kappa shape index (κ3) is 2.60. The zero-order chi connectivity index (χ0) is 13.8. The maximum atomic E-state index is 12.9. The SMILES string of the molecule is O=C(C1CCCC1)N(c1ccccc1)c1ccccc1. The van der Waals surface area contributed by atoms with E-state index in [1.807, 2.05) is 65.6 Å². The first kappa shape index (κ1) is 12.9.